The lowest BCUT2D eigenvalue weighted by Gasteiger charge is -2.12. The van der Waals surface area contributed by atoms with E-state index in [-0.39, 0.29) is 4.90 Å². The average Bonchev–Trinajstić information content (AvgIpc) is 2.96. The number of aryl methyl sites for hydroxylation is 2. The van der Waals surface area contributed by atoms with E-state index >= 15 is 0 Å². The van der Waals surface area contributed by atoms with E-state index in [2.05, 4.69) is 27.3 Å². The molecule has 3 rings (SSSR count). The second kappa shape index (κ2) is 8.93. The van der Waals surface area contributed by atoms with Crippen LogP contribution in [0.25, 0.3) is 0 Å². The summed E-state index contributed by atoms with van der Waals surface area (Å²) in [6.07, 6.45) is 3.11. The van der Waals surface area contributed by atoms with Crippen LogP contribution in [-0.4, -0.2) is 46.6 Å². The van der Waals surface area contributed by atoms with Crippen molar-refractivity contribution >= 4 is 21.7 Å². The Bertz CT molecular complexity index is 1140. The van der Waals surface area contributed by atoms with E-state index in [0.717, 1.165) is 35.6 Å². The summed E-state index contributed by atoms with van der Waals surface area (Å²) in [6, 6.07) is 8.69. The summed E-state index contributed by atoms with van der Waals surface area (Å²) in [5.74, 6) is 2.21. The zero-order valence-corrected chi connectivity index (χ0v) is 18.9. The molecule has 1 aromatic carbocycles. The Kier molecular flexibility index (Phi) is 6.52. The van der Waals surface area contributed by atoms with E-state index in [1.165, 1.54) is 18.4 Å². The van der Waals surface area contributed by atoms with Gasteiger partial charge in [0.15, 0.2) is 0 Å². The third kappa shape index (κ3) is 4.68. The van der Waals surface area contributed by atoms with Gasteiger partial charge in [-0.3, -0.25) is 0 Å². The number of anilines is 2. The number of hydrogen-bond acceptors (Lipinski definition) is 6. The molecular formula is C21H28N6O2S. The number of nitrogens with one attached hydrogen (secondary N) is 1. The van der Waals surface area contributed by atoms with Gasteiger partial charge in [-0.05, 0) is 44.0 Å². The molecule has 0 fully saturated rings. The molecule has 0 aliphatic rings. The molecule has 0 bridgehead atoms. The van der Waals surface area contributed by atoms with Crippen LogP contribution in [0.4, 0.5) is 11.6 Å². The number of nitrogens with zero attached hydrogens (tertiary/aromatic N) is 5. The molecule has 0 atom stereocenters. The maximum atomic E-state index is 12.4. The zero-order chi connectivity index (χ0) is 21.9. The van der Waals surface area contributed by atoms with E-state index < -0.39 is 10.0 Å². The zero-order valence-electron chi connectivity index (χ0n) is 18.0. The summed E-state index contributed by atoms with van der Waals surface area (Å²) in [5, 5.41) is 7.95. The van der Waals surface area contributed by atoms with Gasteiger partial charge in [0.1, 0.15) is 17.5 Å². The molecule has 1 N–H and O–H groups in total. The van der Waals surface area contributed by atoms with Crippen LogP contribution in [0.1, 0.15) is 36.0 Å². The van der Waals surface area contributed by atoms with Crippen LogP contribution in [0.5, 0.6) is 0 Å². The van der Waals surface area contributed by atoms with Crippen LogP contribution >= 0.6 is 0 Å². The molecular weight excluding hydrogens is 400 g/mol. The highest BCUT2D eigenvalue weighted by Gasteiger charge is 2.17. The van der Waals surface area contributed by atoms with Crippen molar-refractivity contribution in [2.75, 3.05) is 19.4 Å². The Morgan fingerprint density at radius 1 is 1.17 bits per heavy atom. The molecule has 0 radical (unpaired) electrons. The van der Waals surface area contributed by atoms with Crippen LogP contribution in [0.15, 0.2) is 41.4 Å². The Morgan fingerprint density at radius 2 is 1.93 bits per heavy atom. The highest BCUT2D eigenvalue weighted by molar-refractivity contribution is 7.89. The molecule has 0 spiro atoms. The second-order valence-corrected chi connectivity index (χ2v) is 9.53. The Labute approximate surface area is 178 Å². The molecule has 2 aromatic heterocycles. The van der Waals surface area contributed by atoms with Crippen molar-refractivity contribution in [1.29, 1.82) is 0 Å². The summed E-state index contributed by atoms with van der Waals surface area (Å²) in [6.45, 7) is 6.97. The minimum atomic E-state index is -3.48. The Hall–Kier alpha value is -2.78. The van der Waals surface area contributed by atoms with Crippen molar-refractivity contribution in [2.45, 2.75) is 45.1 Å². The van der Waals surface area contributed by atoms with Gasteiger partial charge >= 0.3 is 0 Å². The van der Waals surface area contributed by atoms with Crippen LogP contribution in [0.2, 0.25) is 0 Å². The molecule has 0 aliphatic carbocycles. The largest absolute Gasteiger partial charge is 0.325 e. The first-order valence-corrected chi connectivity index (χ1v) is 11.3. The second-order valence-electron chi connectivity index (χ2n) is 7.38. The molecule has 0 saturated carbocycles. The van der Waals surface area contributed by atoms with Gasteiger partial charge in [-0.25, -0.2) is 27.4 Å². The number of rotatable bonds is 8. The topological polar surface area (TPSA) is 93.0 Å². The van der Waals surface area contributed by atoms with Gasteiger partial charge in [0, 0.05) is 38.8 Å². The Morgan fingerprint density at radius 3 is 2.63 bits per heavy atom. The lowest BCUT2D eigenvalue weighted by atomic mass is 10.1. The third-order valence-corrected chi connectivity index (χ3v) is 6.66. The van der Waals surface area contributed by atoms with E-state index in [9.17, 15) is 8.42 Å². The van der Waals surface area contributed by atoms with E-state index in [1.54, 1.807) is 24.4 Å². The molecule has 0 aliphatic heterocycles. The highest BCUT2D eigenvalue weighted by Crippen LogP contribution is 2.23. The van der Waals surface area contributed by atoms with Gasteiger partial charge in [0.05, 0.1) is 10.6 Å². The van der Waals surface area contributed by atoms with Gasteiger partial charge in [-0.2, -0.15) is 5.10 Å². The maximum absolute atomic E-state index is 12.4. The number of aromatic nitrogens is 4. The third-order valence-electron chi connectivity index (χ3n) is 4.85. The van der Waals surface area contributed by atoms with Gasteiger partial charge in [0.25, 0.3) is 0 Å². The minimum absolute atomic E-state index is 0.258. The fourth-order valence-corrected chi connectivity index (χ4v) is 4.06. The fraction of sp³-hybridized carbons (Fsp3) is 0.381. The fourth-order valence-electron chi connectivity index (χ4n) is 3.09. The van der Waals surface area contributed by atoms with E-state index in [4.69, 9.17) is 0 Å². The molecule has 30 heavy (non-hydrogen) atoms. The monoisotopic (exact) mass is 428 g/mol. The van der Waals surface area contributed by atoms with E-state index in [0.29, 0.717) is 18.1 Å². The molecule has 160 valence electrons. The first-order valence-electron chi connectivity index (χ1n) is 9.86. The quantitative estimate of drug-likeness (QED) is 0.592. The van der Waals surface area contributed by atoms with Crippen molar-refractivity contribution in [3.05, 3.63) is 59.2 Å². The van der Waals surface area contributed by atoms with Gasteiger partial charge in [0.2, 0.25) is 10.0 Å². The van der Waals surface area contributed by atoms with Crippen molar-refractivity contribution in [3.63, 3.8) is 0 Å². The molecule has 3 aromatic rings. The first-order chi connectivity index (χ1) is 14.2. The lowest BCUT2D eigenvalue weighted by molar-refractivity contribution is 0.520. The summed E-state index contributed by atoms with van der Waals surface area (Å²) in [4.78, 5) is 9.23. The van der Waals surface area contributed by atoms with Crippen molar-refractivity contribution in [3.8, 4) is 0 Å². The molecule has 0 saturated heterocycles. The summed E-state index contributed by atoms with van der Waals surface area (Å²) < 4.78 is 27.9. The normalized spacial score (nSPS) is 11.8. The maximum Gasteiger partial charge on any atom is 0.242 e. The van der Waals surface area contributed by atoms with E-state index in [1.807, 2.05) is 30.7 Å². The number of hydrogen-bond donors (Lipinski definition) is 1. The molecule has 0 unspecified atom stereocenters. The van der Waals surface area contributed by atoms with Crippen LogP contribution in [0.3, 0.4) is 0 Å². The predicted molar refractivity (Wildman–Crippen MR) is 117 cm³/mol. The highest BCUT2D eigenvalue weighted by atomic mass is 32.2. The van der Waals surface area contributed by atoms with Gasteiger partial charge < -0.3 is 5.32 Å². The predicted octanol–water partition coefficient (Wildman–Crippen LogP) is 3.28. The van der Waals surface area contributed by atoms with Crippen LogP contribution < -0.4 is 5.32 Å². The molecule has 9 heteroatoms. The summed E-state index contributed by atoms with van der Waals surface area (Å²) in [5.41, 5.74) is 2.91. The SMILES string of the molecule is CCCn1nc(C)c(C)c1Nc1ccnc(Cc2cccc(S(=O)(=O)N(C)C)c2)n1. The number of sulfonamides is 1. The molecule has 8 nitrogen and oxygen atoms in total. The van der Waals surface area contributed by atoms with Crippen molar-refractivity contribution in [1.82, 2.24) is 24.1 Å². The smallest absolute Gasteiger partial charge is 0.242 e. The Balaban J connectivity index is 1.84. The summed E-state index contributed by atoms with van der Waals surface area (Å²) in [7, 11) is -0.441. The minimum Gasteiger partial charge on any atom is -0.325 e. The summed E-state index contributed by atoms with van der Waals surface area (Å²) >= 11 is 0. The molecule has 0 amide bonds. The standard InChI is InChI=1S/C21H28N6O2S/c1-6-12-27-21(15(2)16(3)25-27)24-19-10-11-22-20(23-19)14-17-8-7-9-18(13-17)30(28,29)26(4)5/h7-11,13H,6,12,14H2,1-5H3,(H,22,23,24). The lowest BCUT2D eigenvalue weighted by Crippen LogP contribution is -2.22. The van der Waals surface area contributed by atoms with Crippen LogP contribution in [-0.2, 0) is 23.0 Å². The van der Waals surface area contributed by atoms with Crippen molar-refractivity contribution in [2.24, 2.45) is 0 Å². The van der Waals surface area contributed by atoms with Crippen molar-refractivity contribution < 1.29 is 8.42 Å². The first kappa shape index (κ1) is 21.9. The van der Waals surface area contributed by atoms with Gasteiger partial charge in [-0.15, -0.1) is 0 Å². The van der Waals surface area contributed by atoms with Gasteiger partial charge in [-0.1, -0.05) is 19.1 Å². The average molecular weight is 429 g/mol. The number of benzene rings is 1. The molecule has 2 heterocycles. The van der Waals surface area contributed by atoms with Crippen LogP contribution in [0, 0.1) is 13.8 Å².